The van der Waals surface area contributed by atoms with Crippen molar-refractivity contribution in [3.8, 4) is 0 Å². The summed E-state index contributed by atoms with van der Waals surface area (Å²) in [4.78, 5) is 11.5. The van der Waals surface area contributed by atoms with E-state index >= 15 is 0 Å². The summed E-state index contributed by atoms with van der Waals surface area (Å²) in [6.07, 6.45) is 3.93. The summed E-state index contributed by atoms with van der Waals surface area (Å²) >= 11 is 0. The van der Waals surface area contributed by atoms with E-state index in [1.54, 1.807) is 30.3 Å². The van der Waals surface area contributed by atoms with Crippen LogP contribution in [0.15, 0.2) is 66.7 Å². The number of aryl methyl sites for hydroxylation is 1. The SMILES string of the molecule is Cc1ccccc1/C=C/c1ccc(C(=O)O)c(Nc2ccc(F)cc2)c1. The van der Waals surface area contributed by atoms with E-state index in [0.29, 0.717) is 11.4 Å². The van der Waals surface area contributed by atoms with Crippen molar-refractivity contribution in [1.82, 2.24) is 0 Å². The van der Waals surface area contributed by atoms with Crippen molar-refractivity contribution in [3.05, 3.63) is 94.8 Å². The molecule has 0 amide bonds. The maximum Gasteiger partial charge on any atom is 0.337 e. The molecule has 0 aliphatic carbocycles. The molecule has 0 atom stereocenters. The van der Waals surface area contributed by atoms with Crippen molar-refractivity contribution in [2.45, 2.75) is 6.92 Å². The second kappa shape index (κ2) is 7.66. The van der Waals surface area contributed by atoms with E-state index < -0.39 is 5.97 Å². The van der Waals surface area contributed by atoms with Crippen LogP contribution in [0.5, 0.6) is 0 Å². The molecule has 0 spiro atoms. The van der Waals surface area contributed by atoms with Gasteiger partial charge in [0, 0.05) is 5.69 Å². The Kier molecular flexibility index (Phi) is 5.13. The molecule has 0 fully saturated rings. The molecule has 130 valence electrons. The molecule has 0 radical (unpaired) electrons. The quantitative estimate of drug-likeness (QED) is 0.578. The lowest BCUT2D eigenvalue weighted by molar-refractivity contribution is 0.0698. The van der Waals surface area contributed by atoms with Gasteiger partial charge in [-0.2, -0.15) is 0 Å². The molecule has 0 saturated carbocycles. The van der Waals surface area contributed by atoms with Crippen LogP contribution >= 0.6 is 0 Å². The maximum absolute atomic E-state index is 13.1. The number of carbonyl (C=O) groups is 1. The van der Waals surface area contributed by atoms with E-state index in [-0.39, 0.29) is 11.4 Å². The van der Waals surface area contributed by atoms with Crippen LogP contribution in [0, 0.1) is 12.7 Å². The van der Waals surface area contributed by atoms with Gasteiger partial charge in [0.15, 0.2) is 0 Å². The number of nitrogens with one attached hydrogen (secondary N) is 1. The maximum atomic E-state index is 13.1. The lowest BCUT2D eigenvalue weighted by atomic mass is 10.0. The summed E-state index contributed by atoms with van der Waals surface area (Å²) < 4.78 is 13.1. The van der Waals surface area contributed by atoms with Crippen molar-refractivity contribution < 1.29 is 14.3 Å². The van der Waals surface area contributed by atoms with Crippen LogP contribution in [0.1, 0.15) is 27.0 Å². The highest BCUT2D eigenvalue weighted by Crippen LogP contribution is 2.24. The molecule has 3 rings (SSSR count). The molecule has 0 heterocycles. The van der Waals surface area contributed by atoms with Gasteiger partial charge in [-0.3, -0.25) is 0 Å². The van der Waals surface area contributed by atoms with Crippen molar-refractivity contribution in [2.24, 2.45) is 0 Å². The number of aromatic carboxylic acids is 1. The molecule has 2 N–H and O–H groups in total. The highest BCUT2D eigenvalue weighted by atomic mass is 19.1. The second-order valence-electron chi connectivity index (χ2n) is 5.93. The van der Waals surface area contributed by atoms with Gasteiger partial charge in [0.2, 0.25) is 0 Å². The van der Waals surface area contributed by atoms with Crippen LogP contribution in [0.4, 0.5) is 15.8 Å². The molecule has 0 aromatic heterocycles. The number of anilines is 2. The Bertz CT molecular complexity index is 962. The third kappa shape index (κ3) is 4.16. The Labute approximate surface area is 151 Å². The number of hydrogen-bond acceptors (Lipinski definition) is 2. The van der Waals surface area contributed by atoms with Crippen LogP contribution < -0.4 is 5.32 Å². The smallest absolute Gasteiger partial charge is 0.337 e. The molecule has 0 aliphatic rings. The Morgan fingerprint density at radius 2 is 1.73 bits per heavy atom. The fraction of sp³-hybridized carbons (Fsp3) is 0.0455. The first kappa shape index (κ1) is 17.4. The van der Waals surface area contributed by atoms with E-state index in [0.717, 1.165) is 16.7 Å². The Morgan fingerprint density at radius 3 is 2.42 bits per heavy atom. The van der Waals surface area contributed by atoms with Crippen molar-refractivity contribution >= 4 is 29.5 Å². The summed E-state index contributed by atoms with van der Waals surface area (Å²) in [5, 5.41) is 12.5. The molecule has 0 unspecified atom stereocenters. The summed E-state index contributed by atoms with van der Waals surface area (Å²) in [5.41, 5.74) is 4.36. The molecule has 4 heteroatoms. The second-order valence-corrected chi connectivity index (χ2v) is 5.93. The molecule has 3 aromatic rings. The van der Waals surface area contributed by atoms with Gasteiger partial charge in [-0.25, -0.2) is 9.18 Å². The normalized spacial score (nSPS) is 10.8. The average Bonchev–Trinajstić information content (AvgIpc) is 2.63. The predicted molar refractivity (Wildman–Crippen MR) is 103 cm³/mol. The average molecular weight is 347 g/mol. The molecule has 3 aromatic carbocycles. The minimum Gasteiger partial charge on any atom is -0.478 e. The van der Waals surface area contributed by atoms with Gasteiger partial charge in [0.1, 0.15) is 5.82 Å². The third-order valence-corrected chi connectivity index (χ3v) is 4.04. The van der Waals surface area contributed by atoms with E-state index in [1.165, 1.54) is 12.1 Å². The third-order valence-electron chi connectivity index (χ3n) is 4.04. The summed E-state index contributed by atoms with van der Waals surface area (Å²) in [6.45, 7) is 2.04. The van der Waals surface area contributed by atoms with Gasteiger partial charge < -0.3 is 10.4 Å². The van der Waals surface area contributed by atoms with E-state index in [2.05, 4.69) is 5.32 Å². The Balaban J connectivity index is 1.92. The van der Waals surface area contributed by atoms with E-state index in [9.17, 15) is 14.3 Å². The van der Waals surface area contributed by atoms with E-state index in [1.807, 2.05) is 43.3 Å². The number of hydrogen-bond donors (Lipinski definition) is 2. The Morgan fingerprint density at radius 1 is 1.00 bits per heavy atom. The number of benzene rings is 3. The fourth-order valence-electron chi connectivity index (χ4n) is 2.60. The number of rotatable bonds is 5. The van der Waals surface area contributed by atoms with Gasteiger partial charge in [0.25, 0.3) is 0 Å². The predicted octanol–water partition coefficient (Wildman–Crippen LogP) is 5.75. The minimum absolute atomic E-state index is 0.155. The number of carboxylic acid groups (broad SMARTS) is 1. The molecule has 3 nitrogen and oxygen atoms in total. The van der Waals surface area contributed by atoms with Crippen LogP contribution in [-0.4, -0.2) is 11.1 Å². The van der Waals surface area contributed by atoms with Crippen LogP contribution in [0.25, 0.3) is 12.2 Å². The standard InChI is InChI=1S/C22H18FNO2/c1-15-4-2-3-5-17(15)8-6-16-7-13-20(22(25)26)21(14-16)24-19-11-9-18(23)10-12-19/h2-14,24H,1H3,(H,25,26)/b8-6+. The summed E-state index contributed by atoms with van der Waals surface area (Å²) in [6, 6.07) is 18.9. The van der Waals surface area contributed by atoms with Crippen molar-refractivity contribution in [3.63, 3.8) is 0 Å². The fourth-order valence-corrected chi connectivity index (χ4v) is 2.60. The molecular weight excluding hydrogens is 329 g/mol. The molecule has 0 bridgehead atoms. The summed E-state index contributed by atoms with van der Waals surface area (Å²) in [7, 11) is 0. The zero-order valence-electron chi connectivity index (χ0n) is 14.2. The van der Waals surface area contributed by atoms with Gasteiger partial charge in [-0.1, -0.05) is 42.5 Å². The molecule has 0 aliphatic heterocycles. The van der Waals surface area contributed by atoms with Crippen LogP contribution in [-0.2, 0) is 0 Å². The highest BCUT2D eigenvalue weighted by molar-refractivity contribution is 5.96. The minimum atomic E-state index is -1.02. The molecular formula is C22H18FNO2. The molecule has 26 heavy (non-hydrogen) atoms. The number of halogens is 1. The zero-order valence-corrected chi connectivity index (χ0v) is 14.2. The molecule has 0 saturated heterocycles. The topological polar surface area (TPSA) is 49.3 Å². The van der Waals surface area contributed by atoms with Gasteiger partial charge in [-0.05, 0) is 60.0 Å². The highest BCUT2D eigenvalue weighted by Gasteiger charge is 2.10. The van der Waals surface area contributed by atoms with Crippen LogP contribution in [0.3, 0.4) is 0 Å². The Hall–Kier alpha value is -3.40. The first-order valence-corrected chi connectivity index (χ1v) is 8.16. The first-order chi connectivity index (χ1) is 12.5. The van der Waals surface area contributed by atoms with Gasteiger partial charge in [-0.15, -0.1) is 0 Å². The van der Waals surface area contributed by atoms with Crippen LogP contribution in [0.2, 0.25) is 0 Å². The van der Waals surface area contributed by atoms with Crippen molar-refractivity contribution in [1.29, 1.82) is 0 Å². The monoisotopic (exact) mass is 347 g/mol. The largest absolute Gasteiger partial charge is 0.478 e. The van der Waals surface area contributed by atoms with Crippen molar-refractivity contribution in [2.75, 3.05) is 5.32 Å². The van der Waals surface area contributed by atoms with Gasteiger partial charge >= 0.3 is 5.97 Å². The first-order valence-electron chi connectivity index (χ1n) is 8.16. The van der Waals surface area contributed by atoms with E-state index in [4.69, 9.17) is 0 Å². The number of carboxylic acids is 1. The van der Waals surface area contributed by atoms with Gasteiger partial charge in [0.05, 0.1) is 11.3 Å². The lowest BCUT2D eigenvalue weighted by Crippen LogP contribution is -2.03. The summed E-state index contributed by atoms with van der Waals surface area (Å²) in [5.74, 6) is -1.37. The zero-order chi connectivity index (χ0) is 18.5. The lowest BCUT2D eigenvalue weighted by Gasteiger charge is -2.11.